The molecular weight excluding hydrogens is 244 g/mol. The molecule has 0 aromatic rings. The SMILES string of the molecule is O=C(O)C=CC(=O)OCCOC(=O)OCCl. The van der Waals surface area contributed by atoms with Gasteiger partial charge in [0, 0.05) is 12.2 Å². The van der Waals surface area contributed by atoms with Crippen LogP contribution in [0.1, 0.15) is 0 Å². The van der Waals surface area contributed by atoms with Crippen molar-refractivity contribution in [2.75, 3.05) is 19.3 Å². The number of rotatable bonds is 6. The highest BCUT2D eigenvalue weighted by atomic mass is 35.5. The molecule has 0 fully saturated rings. The van der Waals surface area contributed by atoms with E-state index in [0.717, 1.165) is 6.08 Å². The van der Waals surface area contributed by atoms with Crippen molar-refractivity contribution >= 4 is 29.7 Å². The second kappa shape index (κ2) is 8.54. The summed E-state index contributed by atoms with van der Waals surface area (Å²) in [6.07, 6.45) is 0.386. The maximum absolute atomic E-state index is 10.8. The van der Waals surface area contributed by atoms with Crippen LogP contribution < -0.4 is 0 Å². The molecular formula is C8H9ClO7. The van der Waals surface area contributed by atoms with Gasteiger partial charge in [-0.15, -0.1) is 0 Å². The first-order valence-corrected chi connectivity index (χ1v) is 4.53. The van der Waals surface area contributed by atoms with Gasteiger partial charge >= 0.3 is 18.1 Å². The Bertz CT molecular complexity index is 286. The van der Waals surface area contributed by atoms with Crippen LogP contribution in [0.3, 0.4) is 0 Å². The van der Waals surface area contributed by atoms with Gasteiger partial charge in [0.2, 0.25) is 0 Å². The van der Waals surface area contributed by atoms with Crippen LogP contribution in [0.2, 0.25) is 0 Å². The zero-order chi connectivity index (χ0) is 12.4. The summed E-state index contributed by atoms with van der Waals surface area (Å²) in [6, 6.07) is -0.333. The van der Waals surface area contributed by atoms with Crippen molar-refractivity contribution in [1.82, 2.24) is 0 Å². The highest BCUT2D eigenvalue weighted by molar-refractivity contribution is 6.17. The number of carbonyl (C=O) groups excluding carboxylic acids is 2. The van der Waals surface area contributed by atoms with E-state index < -0.39 is 18.1 Å². The Morgan fingerprint density at radius 2 is 1.69 bits per heavy atom. The molecule has 90 valence electrons. The fourth-order valence-corrected chi connectivity index (χ4v) is 0.630. The zero-order valence-corrected chi connectivity index (χ0v) is 8.81. The van der Waals surface area contributed by atoms with Crippen LogP contribution in [0.5, 0.6) is 0 Å². The van der Waals surface area contributed by atoms with Crippen molar-refractivity contribution in [2.45, 2.75) is 0 Å². The molecule has 0 aliphatic rings. The Kier molecular flexibility index (Phi) is 7.60. The van der Waals surface area contributed by atoms with Crippen molar-refractivity contribution in [2.24, 2.45) is 0 Å². The minimum absolute atomic E-state index is 0.206. The average Bonchev–Trinajstić information content (AvgIpc) is 2.22. The molecule has 0 radical (unpaired) electrons. The van der Waals surface area contributed by atoms with Crippen LogP contribution >= 0.6 is 11.6 Å². The van der Waals surface area contributed by atoms with Crippen LogP contribution in [-0.4, -0.2) is 42.5 Å². The monoisotopic (exact) mass is 252 g/mol. The first kappa shape index (κ1) is 14.2. The first-order valence-electron chi connectivity index (χ1n) is 3.99. The summed E-state index contributed by atoms with van der Waals surface area (Å²) in [4.78, 5) is 31.3. The average molecular weight is 253 g/mol. The van der Waals surface area contributed by atoms with E-state index in [1.54, 1.807) is 0 Å². The third-order valence-corrected chi connectivity index (χ3v) is 1.19. The number of carbonyl (C=O) groups is 3. The molecule has 8 heteroatoms. The lowest BCUT2D eigenvalue weighted by molar-refractivity contribution is -0.139. The largest absolute Gasteiger partial charge is 0.509 e. The van der Waals surface area contributed by atoms with E-state index in [4.69, 9.17) is 16.7 Å². The van der Waals surface area contributed by atoms with Gasteiger partial charge in [-0.25, -0.2) is 14.4 Å². The highest BCUT2D eigenvalue weighted by Gasteiger charge is 2.03. The Morgan fingerprint density at radius 1 is 1.06 bits per heavy atom. The quantitative estimate of drug-likeness (QED) is 0.318. The highest BCUT2D eigenvalue weighted by Crippen LogP contribution is 1.89. The number of ether oxygens (including phenoxy) is 3. The number of halogens is 1. The Labute approximate surface area is 95.5 Å². The van der Waals surface area contributed by atoms with Crippen molar-refractivity contribution in [3.63, 3.8) is 0 Å². The first-order chi connectivity index (χ1) is 7.56. The number of aliphatic carboxylic acids is 1. The van der Waals surface area contributed by atoms with Gasteiger partial charge in [0.25, 0.3) is 0 Å². The normalized spacial score (nSPS) is 9.81. The van der Waals surface area contributed by atoms with Crippen LogP contribution in [0.4, 0.5) is 4.79 Å². The Balaban J connectivity index is 3.55. The molecule has 16 heavy (non-hydrogen) atoms. The number of hydrogen-bond donors (Lipinski definition) is 1. The van der Waals surface area contributed by atoms with Gasteiger partial charge < -0.3 is 19.3 Å². The molecule has 0 aromatic carbocycles. The van der Waals surface area contributed by atoms with Gasteiger partial charge in [-0.05, 0) is 0 Å². The molecule has 0 aliphatic carbocycles. The van der Waals surface area contributed by atoms with E-state index in [0.29, 0.717) is 6.08 Å². The number of carboxylic acid groups (broad SMARTS) is 1. The second-order valence-corrected chi connectivity index (χ2v) is 2.41. The second-order valence-electron chi connectivity index (χ2n) is 2.19. The third-order valence-electron chi connectivity index (χ3n) is 1.08. The van der Waals surface area contributed by atoms with E-state index in [1.807, 2.05) is 0 Å². The van der Waals surface area contributed by atoms with Crippen molar-refractivity contribution < 1.29 is 33.7 Å². The summed E-state index contributed by atoms with van der Waals surface area (Å²) >= 11 is 5.06. The summed E-state index contributed by atoms with van der Waals surface area (Å²) in [5.41, 5.74) is 0. The molecule has 0 heterocycles. The minimum Gasteiger partial charge on any atom is -0.478 e. The fraction of sp³-hybridized carbons (Fsp3) is 0.375. The molecule has 0 atom stereocenters. The smallest absolute Gasteiger partial charge is 0.478 e. The summed E-state index contributed by atoms with van der Waals surface area (Å²) in [7, 11) is 0. The van der Waals surface area contributed by atoms with Gasteiger partial charge in [0.15, 0.2) is 6.07 Å². The van der Waals surface area contributed by atoms with E-state index >= 15 is 0 Å². The van der Waals surface area contributed by atoms with Crippen molar-refractivity contribution in [3.8, 4) is 0 Å². The summed E-state index contributed by atoms with van der Waals surface area (Å²) < 4.78 is 13.1. The lowest BCUT2D eigenvalue weighted by atomic mass is 10.5. The molecule has 0 rings (SSSR count). The van der Waals surface area contributed by atoms with Gasteiger partial charge in [-0.1, -0.05) is 11.6 Å². The van der Waals surface area contributed by atoms with Crippen molar-refractivity contribution in [1.29, 1.82) is 0 Å². The maximum atomic E-state index is 10.8. The molecule has 0 aliphatic heterocycles. The lowest BCUT2D eigenvalue weighted by Gasteiger charge is -2.03. The van der Waals surface area contributed by atoms with Crippen LogP contribution in [0.15, 0.2) is 12.2 Å². The molecule has 0 amide bonds. The van der Waals surface area contributed by atoms with Crippen LogP contribution in [0, 0.1) is 0 Å². The Morgan fingerprint density at radius 3 is 2.25 bits per heavy atom. The fourth-order valence-electron chi connectivity index (χ4n) is 0.541. The molecule has 0 bridgehead atoms. The number of carboxylic acids is 1. The molecule has 7 nitrogen and oxygen atoms in total. The minimum atomic E-state index is -1.26. The molecule has 0 saturated heterocycles. The molecule has 0 unspecified atom stereocenters. The van der Waals surface area contributed by atoms with Crippen LogP contribution in [0.25, 0.3) is 0 Å². The molecule has 0 aromatic heterocycles. The van der Waals surface area contributed by atoms with E-state index in [-0.39, 0.29) is 19.3 Å². The standard InChI is InChI=1S/C8H9ClO7/c9-5-16-8(13)15-4-3-14-7(12)2-1-6(10)11/h1-2H,3-5H2,(H,10,11). The number of alkyl halides is 1. The maximum Gasteiger partial charge on any atom is 0.509 e. The number of hydrogen-bond acceptors (Lipinski definition) is 6. The lowest BCUT2D eigenvalue weighted by Crippen LogP contribution is -2.13. The van der Waals surface area contributed by atoms with Gasteiger partial charge in [-0.3, -0.25) is 0 Å². The van der Waals surface area contributed by atoms with Crippen molar-refractivity contribution in [3.05, 3.63) is 12.2 Å². The zero-order valence-electron chi connectivity index (χ0n) is 8.05. The predicted octanol–water partition coefficient (Wildman–Crippen LogP) is 0.520. The molecule has 0 saturated carbocycles. The van der Waals surface area contributed by atoms with Crippen LogP contribution in [-0.2, 0) is 23.8 Å². The van der Waals surface area contributed by atoms with Gasteiger partial charge in [-0.2, -0.15) is 0 Å². The molecule has 1 N–H and O–H groups in total. The van der Waals surface area contributed by atoms with E-state index in [9.17, 15) is 14.4 Å². The summed E-state index contributed by atoms with van der Waals surface area (Å²) in [5, 5.41) is 8.17. The Hall–Kier alpha value is -1.76. The summed E-state index contributed by atoms with van der Waals surface area (Å²) in [5.74, 6) is -2.12. The topological polar surface area (TPSA) is 99.1 Å². The van der Waals surface area contributed by atoms with E-state index in [2.05, 4.69) is 14.2 Å². The van der Waals surface area contributed by atoms with Gasteiger partial charge in [0.05, 0.1) is 0 Å². The third kappa shape index (κ3) is 8.82. The number of esters is 1. The van der Waals surface area contributed by atoms with Gasteiger partial charge in [0.1, 0.15) is 13.2 Å². The predicted molar refractivity (Wildman–Crippen MR) is 50.9 cm³/mol. The molecule has 0 spiro atoms. The summed E-state index contributed by atoms with van der Waals surface area (Å²) in [6.45, 7) is -0.414. The van der Waals surface area contributed by atoms with E-state index in [1.165, 1.54) is 0 Å².